The fourth-order valence-electron chi connectivity index (χ4n) is 2.66. The largest absolute Gasteiger partial charge is 0.490 e. The predicted octanol–water partition coefficient (Wildman–Crippen LogP) is 8.00. The molecule has 29 heavy (non-hydrogen) atoms. The molecule has 0 atom stereocenters. The highest BCUT2D eigenvalue weighted by molar-refractivity contribution is 9.10. The maximum absolute atomic E-state index is 6.24. The van der Waals surface area contributed by atoms with E-state index in [0.717, 1.165) is 21.3 Å². The molecule has 1 N–H and O–H groups in total. The third kappa shape index (κ3) is 6.19. The van der Waals surface area contributed by atoms with Gasteiger partial charge in [-0.3, -0.25) is 0 Å². The van der Waals surface area contributed by atoms with Crippen LogP contribution in [-0.2, 0) is 13.2 Å². The Hall–Kier alpha value is -1.59. The van der Waals surface area contributed by atoms with Gasteiger partial charge in [-0.25, -0.2) is 0 Å². The number of benzene rings is 3. The molecule has 152 valence electrons. The highest BCUT2D eigenvalue weighted by Gasteiger charge is 2.12. The molecule has 0 fully saturated rings. The Balaban J connectivity index is 1.75. The Morgan fingerprint density at radius 1 is 0.862 bits per heavy atom. The molecule has 0 spiro atoms. The van der Waals surface area contributed by atoms with Crippen molar-refractivity contribution in [3.05, 3.63) is 85.3 Å². The second-order valence-electron chi connectivity index (χ2n) is 6.22. The van der Waals surface area contributed by atoms with Gasteiger partial charge >= 0.3 is 0 Å². The molecule has 0 aliphatic heterocycles. The van der Waals surface area contributed by atoms with Crippen molar-refractivity contribution in [3.63, 3.8) is 0 Å². The van der Waals surface area contributed by atoms with Gasteiger partial charge in [-0.05, 0) is 60.5 Å². The molecule has 0 aliphatic rings. The maximum atomic E-state index is 6.24. The molecule has 0 saturated carbocycles. The Kier molecular flexibility index (Phi) is 7.96. The van der Waals surface area contributed by atoms with Gasteiger partial charge in [0.2, 0.25) is 0 Å². The van der Waals surface area contributed by atoms with Crippen molar-refractivity contribution >= 4 is 56.4 Å². The molecule has 0 saturated heterocycles. The van der Waals surface area contributed by atoms with Crippen LogP contribution < -0.4 is 14.8 Å². The second kappa shape index (κ2) is 10.4. The standard InChI is InChI=1S/C22H19BrCl3NO2/c1-2-28-21-9-15(12-27-20-8-7-17(25)10-19(20)26)18(23)11-22(21)29-13-14-3-5-16(24)6-4-14/h3-11,27H,2,12-13H2,1H3. The van der Waals surface area contributed by atoms with Crippen molar-refractivity contribution in [3.8, 4) is 11.5 Å². The summed E-state index contributed by atoms with van der Waals surface area (Å²) in [6.07, 6.45) is 0. The van der Waals surface area contributed by atoms with Crippen molar-refractivity contribution in [1.29, 1.82) is 0 Å². The van der Waals surface area contributed by atoms with Gasteiger partial charge in [-0.15, -0.1) is 0 Å². The molecule has 0 bridgehead atoms. The van der Waals surface area contributed by atoms with Gasteiger partial charge in [0.1, 0.15) is 6.61 Å². The second-order valence-corrected chi connectivity index (χ2v) is 8.35. The quantitative estimate of drug-likeness (QED) is 0.330. The Morgan fingerprint density at radius 2 is 1.55 bits per heavy atom. The number of halogens is 4. The van der Waals surface area contributed by atoms with Gasteiger partial charge in [0.25, 0.3) is 0 Å². The molecule has 3 aromatic rings. The predicted molar refractivity (Wildman–Crippen MR) is 125 cm³/mol. The Labute approximate surface area is 194 Å². The molecule has 3 aromatic carbocycles. The summed E-state index contributed by atoms with van der Waals surface area (Å²) in [7, 11) is 0. The summed E-state index contributed by atoms with van der Waals surface area (Å²) in [6, 6.07) is 16.8. The molecular weight excluding hydrogens is 497 g/mol. The first-order valence-electron chi connectivity index (χ1n) is 8.97. The van der Waals surface area contributed by atoms with Crippen LogP contribution in [0.15, 0.2) is 59.1 Å². The van der Waals surface area contributed by atoms with Crippen molar-refractivity contribution in [2.45, 2.75) is 20.1 Å². The maximum Gasteiger partial charge on any atom is 0.162 e. The molecule has 0 amide bonds. The van der Waals surface area contributed by atoms with Crippen LogP contribution in [0.1, 0.15) is 18.1 Å². The minimum Gasteiger partial charge on any atom is -0.490 e. The highest BCUT2D eigenvalue weighted by atomic mass is 79.9. The van der Waals surface area contributed by atoms with Crippen LogP contribution in [0, 0.1) is 0 Å². The summed E-state index contributed by atoms with van der Waals surface area (Å²) >= 11 is 21.8. The first-order valence-corrected chi connectivity index (χ1v) is 10.9. The van der Waals surface area contributed by atoms with Crippen molar-refractivity contribution in [2.75, 3.05) is 11.9 Å². The van der Waals surface area contributed by atoms with E-state index in [2.05, 4.69) is 21.2 Å². The average molecular weight is 516 g/mol. The molecule has 3 nitrogen and oxygen atoms in total. The van der Waals surface area contributed by atoms with Gasteiger partial charge in [0, 0.05) is 21.1 Å². The van der Waals surface area contributed by atoms with Crippen LogP contribution in [0.3, 0.4) is 0 Å². The lowest BCUT2D eigenvalue weighted by Gasteiger charge is -2.16. The van der Waals surface area contributed by atoms with Gasteiger partial charge in [0.15, 0.2) is 11.5 Å². The van der Waals surface area contributed by atoms with Crippen molar-refractivity contribution in [1.82, 2.24) is 0 Å². The summed E-state index contributed by atoms with van der Waals surface area (Å²) in [4.78, 5) is 0. The zero-order chi connectivity index (χ0) is 20.8. The van der Waals surface area contributed by atoms with E-state index in [9.17, 15) is 0 Å². The lowest BCUT2D eigenvalue weighted by molar-refractivity contribution is 0.269. The minimum atomic E-state index is 0.418. The van der Waals surface area contributed by atoms with E-state index in [1.165, 1.54) is 0 Å². The molecule has 7 heteroatoms. The van der Waals surface area contributed by atoms with E-state index in [1.54, 1.807) is 12.1 Å². The first kappa shape index (κ1) is 22.1. The average Bonchev–Trinajstić information content (AvgIpc) is 2.69. The van der Waals surface area contributed by atoms with E-state index in [4.69, 9.17) is 44.3 Å². The van der Waals surface area contributed by atoms with E-state index >= 15 is 0 Å². The topological polar surface area (TPSA) is 30.5 Å². The fourth-order valence-corrected chi connectivity index (χ4v) is 3.72. The fraction of sp³-hybridized carbons (Fsp3) is 0.182. The summed E-state index contributed by atoms with van der Waals surface area (Å²) in [5, 5.41) is 5.19. The number of nitrogens with one attached hydrogen (secondary N) is 1. The lowest BCUT2D eigenvalue weighted by atomic mass is 10.2. The summed E-state index contributed by atoms with van der Waals surface area (Å²) in [5.41, 5.74) is 2.85. The smallest absolute Gasteiger partial charge is 0.162 e. The number of rotatable bonds is 8. The van der Waals surface area contributed by atoms with Gasteiger partial charge in [0.05, 0.1) is 17.3 Å². The molecule has 0 aromatic heterocycles. The van der Waals surface area contributed by atoms with Crippen LogP contribution in [0.5, 0.6) is 11.5 Å². The van der Waals surface area contributed by atoms with E-state index in [1.807, 2.05) is 49.4 Å². The molecular formula is C22H19BrCl3NO2. The summed E-state index contributed by atoms with van der Waals surface area (Å²) < 4.78 is 12.7. The Morgan fingerprint density at radius 3 is 2.24 bits per heavy atom. The summed E-state index contributed by atoms with van der Waals surface area (Å²) in [5.74, 6) is 1.35. The summed E-state index contributed by atoms with van der Waals surface area (Å²) in [6.45, 7) is 3.45. The first-order chi connectivity index (χ1) is 14.0. The van der Waals surface area contributed by atoms with Crippen LogP contribution in [0.2, 0.25) is 15.1 Å². The molecule has 0 radical (unpaired) electrons. The normalized spacial score (nSPS) is 10.7. The third-order valence-electron chi connectivity index (χ3n) is 4.12. The minimum absolute atomic E-state index is 0.418. The van der Waals surface area contributed by atoms with Crippen molar-refractivity contribution in [2.24, 2.45) is 0 Å². The van der Waals surface area contributed by atoms with Crippen LogP contribution in [0.25, 0.3) is 0 Å². The lowest BCUT2D eigenvalue weighted by Crippen LogP contribution is -2.04. The SMILES string of the molecule is CCOc1cc(CNc2ccc(Cl)cc2Cl)c(Br)cc1OCc1ccc(Cl)cc1. The van der Waals surface area contributed by atoms with Gasteiger partial charge in [-0.1, -0.05) is 62.9 Å². The zero-order valence-electron chi connectivity index (χ0n) is 15.6. The number of hydrogen-bond donors (Lipinski definition) is 1. The monoisotopic (exact) mass is 513 g/mol. The third-order valence-corrected chi connectivity index (χ3v) is 5.66. The number of anilines is 1. The number of hydrogen-bond acceptors (Lipinski definition) is 3. The highest BCUT2D eigenvalue weighted by Crippen LogP contribution is 2.35. The molecule has 0 aliphatic carbocycles. The van der Waals surface area contributed by atoms with Crippen molar-refractivity contribution < 1.29 is 9.47 Å². The molecule has 0 heterocycles. The number of ether oxygens (including phenoxy) is 2. The van der Waals surface area contributed by atoms with E-state index in [0.29, 0.717) is 46.3 Å². The van der Waals surface area contributed by atoms with Gasteiger partial charge in [-0.2, -0.15) is 0 Å². The Bertz CT molecular complexity index is 981. The van der Waals surface area contributed by atoms with Crippen LogP contribution in [-0.4, -0.2) is 6.61 Å². The van der Waals surface area contributed by atoms with E-state index in [-0.39, 0.29) is 0 Å². The van der Waals surface area contributed by atoms with Gasteiger partial charge < -0.3 is 14.8 Å². The van der Waals surface area contributed by atoms with Crippen LogP contribution >= 0.6 is 50.7 Å². The molecule has 3 rings (SSSR count). The van der Waals surface area contributed by atoms with Crippen LogP contribution in [0.4, 0.5) is 5.69 Å². The molecule has 0 unspecified atom stereocenters. The zero-order valence-corrected chi connectivity index (χ0v) is 19.5. The van der Waals surface area contributed by atoms with E-state index < -0.39 is 0 Å².